The first-order valence-electron chi connectivity index (χ1n) is 12.4. The molecule has 5 rings (SSSR count). The van der Waals surface area contributed by atoms with Crippen molar-refractivity contribution in [3.05, 3.63) is 76.6 Å². The average molecular weight is 490 g/mol. The van der Waals surface area contributed by atoms with Gasteiger partial charge in [0.1, 0.15) is 11.6 Å². The number of aryl methyl sites for hydroxylation is 2. The highest BCUT2D eigenvalue weighted by molar-refractivity contribution is 6.38. The van der Waals surface area contributed by atoms with E-state index in [-0.39, 0.29) is 11.7 Å². The van der Waals surface area contributed by atoms with Crippen LogP contribution in [0.4, 0.5) is 15.8 Å². The minimum atomic E-state index is -0.320. The van der Waals surface area contributed by atoms with Gasteiger partial charge in [0.2, 0.25) is 0 Å². The minimum Gasteiger partial charge on any atom is -0.383 e. The smallest absolute Gasteiger partial charge is 0.257 e. The van der Waals surface area contributed by atoms with Crippen LogP contribution in [0.15, 0.2) is 42.6 Å². The van der Waals surface area contributed by atoms with Gasteiger partial charge in [0.25, 0.3) is 5.91 Å². The van der Waals surface area contributed by atoms with Crippen LogP contribution in [0.5, 0.6) is 0 Å². The molecule has 1 fully saturated rings. The van der Waals surface area contributed by atoms with Crippen molar-refractivity contribution in [3.63, 3.8) is 0 Å². The normalized spacial score (nSPS) is 17.7. The summed E-state index contributed by atoms with van der Waals surface area (Å²) in [5.41, 5.74) is 5.50. The van der Waals surface area contributed by atoms with Crippen molar-refractivity contribution in [3.8, 4) is 0 Å². The first-order chi connectivity index (χ1) is 17.4. The van der Waals surface area contributed by atoms with Gasteiger partial charge in [-0.15, -0.1) is 0 Å². The molecular formula is C28H32FN5O2. The fraction of sp³-hybridized carbons (Fsp3) is 0.357. The molecule has 1 amide bonds. The topological polar surface area (TPSA) is 82.3 Å². The summed E-state index contributed by atoms with van der Waals surface area (Å²) in [5, 5.41) is 6.64. The number of ether oxygens (including phenoxy) is 1. The molecule has 1 aromatic heterocycles. The Balaban J connectivity index is 1.49. The van der Waals surface area contributed by atoms with Crippen LogP contribution in [-0.4, -0.2) is 60.2 Å². The summed E-state index contributed by atoms with van der Waals surface area (Å²) in [6.07, 6.45) is 3.87. The van der Waals surface area contributed by atoms with E-state index in [4.69, 9.17) is 4.74 Å². The number of hydrogen-bond donors (Lipinski definition) is 3. The number of H-pyrrole nitrogens is 1. The molecule has 0 bridgehead atoms. The molecule has 1 saturated heterocycles. The van der Waals surface area contributed by atoms with Gasteiger partial charge < -0.3 is 25.3 Å². The van der Waals surface area contributed by atoms with Gasteiger partial charge in [-0.2, -0.15) is 0 Å². The number of methoxy groups -OCH3 is 1. The van der Waals surface area contributed by atoms with Gasteiger partial charge >= 0.3 is 0 Å². The zero-order valence-corrected chi connectivity index (χ0v) is 21.0. The van der Waals surface area contributed by atoms with Crippen LogP contribution in [0, 0.1) is 19.7 Å². The Morgan fingerprint density at radius 1 is 1.19 bits per heavy atom. The molecule has 0 radical (unpaired) electrons. The Labute approximate surface area is 210 Å². The second kappa shape index (κ2) is 10.2. The third kappa shape index (κ3) is 4.92. The Morgan fingerprint density at radius 3 is 2.69 bits per heavy atom. The van der Waals surface area contributed by atoms with Crippen LogP contribution in [0.3, 0.4) is 0 Å². The van der Waals surface area contributed by atoms with E-state index in [1.807, 2.05) is 31.2 Å². The first-order valence-corrected chi connectivity index (χ1v) is 12.4. The summed E-state index contributed by atoms with van der Waals surface area (Å²) in [6, 6.07) is 11.3. The summed E-state index contributed by atoms with van der Waals surface area (Å²) in [4.78, 5) is 23.4. The summed E-state index contributed by atoms with van der Waals surface area (Å²) in [7, 11) is 1.73. The lowest BCUT2D eigenvalue weighted by molar-refractivity contribution is -0.110. The summed E-state index contributed by atoms with van der Waals surface area (Å²) in [5.74, 6) is -0.00560. The number of anilines is 2. The number of aromatic nitrogens is 2. The minimum absolute atomic E-state index is 0.223. The number of halogens is 1. The molecule has 188 valence electrons. The van der Waals surface area contributed by atoms with Crippen molar-refractivity contribution < 1.29 is 13.9 Å². The number of carbonyl (C=O) groups is 1. The molecule has 0 spiro atoms. The van der Waals surface area contributed by atoms with Crippen molar-refractivity contribution in [2.24, 2.45) is 0 Å². The number of nitrogens with one attached hydrogen (secondary N) is 3. The summed E-state index contributed by atoms with van der Waals surface area (Å²) >= 11 is 0. The lowest BCUT2D eigenvalue weighted by Gasteiger charge is -2.32. The maximum absolute atomic E-state index is 14.6. The van der Waals surface area contributed by atoms with Gasteiger partial charge in [0.05, 0.1) is 17.9 Å². The van der Waals surface area contributed by atoms with E-state index in [1.54, 1.807) is 26.3 Å². The maximum atomic E-state index is 14.6. The molecule has 2 aromatic carbocycles. The van der Waals surface area contributed by atoms with Gasteiger partial charge in [-0.1, -0.05) is 12.1 Å². The molecule has 0 saturated carbocycles. The van der Waals surface area contributed by atoms with Crippen LogP contribution in [0.1, 0.15) is 41.1 Å². The Kier molecular flexibility index (Phi) is 6.89. The van der Waals surface area contributed by atoms with Crippen molar-refractivity contribution in [2.75, 3.05) is 44.0 Å². The van der Waals surface area contributed by atoms with E-state index in [0.29, 0.717) is 34.1 Å². The molecule has 8 heteroatoms. The van der Waals surface area contributed by atoms with E-state index in [2.05, 4.69) is 25.5 Å². The zero-order valence-electron chi connectivity index (χ0n) is 21.0. The molecule has 0 aliphatic carbocycles. The number of benzene rings is 2. The first kappa shape index (κ1) is 24.2. The number of carbonyl (C=O) groups excluding carboxylic acids is 1. The molecule has 0 unspecified atom stereocenters. The lowest BCUT2D eigenvalue weighted by atomic mass is 9.93. The number of hydrogen-bond acceptors (Lipinski definition) is 5. The van der Waals surface area contributed by atoms with Gasteiger partial charge in [-0.25, -0.2) is 9.37 Å². The predicted molar refractivity (Wildman–Crippen MR) is 140 cm³/mol. The second-order valence-electron chi connectivity index (χ2n) is 9.57. The van der Waals surface area contributed by atoms with Gasteiger partial charge in [0, 0.05) is 61.5 Å². The van der Waals surface area contributed by atoms with E-state index in [1.165, 1.54) is 6.07 Å². The van der Waals surface area contributed by atoms with Crippen LogP contribution >= 0.6 is 0 Å². The third-order valence-electron chi connectivity index (χ3n) is 6.99. The predicted octanol–water partition coefficient (Wildman–Crippen LogP) is 4.60. The second-order valence-corrected chi connectivity index (χ2v) is 9.57. The molecular weight excluding hydrogens is 457 g/mol. The van der Waals surface area contributed by atoms with Gasteiger partial charge in [0.15, 0.2) is 0 Å². The van der Waals surface area contributed by atoms with Crippen molar-refractivity contribution in [1.82, 2.24) is 14.9 Å². The maximum Gasteiger partial charge on any atom is 0.257 e. The van der Waals surface area contributed by atoms with E-state index >= 15 is 0 Å². The highest BCUT2D eigenvalue weighted by atomic mass is 19.1. The van der Waals surface area contributed by atoms with Crippen molar-refractivity contribution >= 4 is 28.4 Å². The highest BCUT2D eigenvalue weighted by Crippen LogP contribution is 2.41. The fourth-order valence-corrected chi connectivity index (χ4v) is 4.95. The van der Waals surface area contributed by atoms with Crippen LogP contribution in [-0.2, 0) is 9.53 Å². The van der Waals surface area contributed by atoms with E-state index < -0.39 is 0 Å². The van der Waals surface area contributed by atoms with Crippen LogP contribution in [0.25, 0.3) is 11.1 Å². The number of imidazole rings is 1. The molecule has 36 heavy (non-hydrogen) atoms. The lowest BCUT2D eigenvalue weighted by Crippen LogP contribution is -2.40. The number of piperidine rings is 1. The fourth-order valence-electron chi connectivity index (χ4n) is 4.95. The summed E-state index contributed by atoms with van der Waals surface area (Å²) in [6.45, 7) is 7.36. The Morgan fingerprint density at radius 2 is 2.00 bits per heavy atom. The standard InChI is InChI=1S/C28H32FN5O2/c1-17-4-5-19(14-23(17)29)25(27-30-16-18(2)31-27)26-22-15-21(6-7-24(22)33-28(26)35)32-20-8-10-34(11-9-20)12-13-36-3/h4-7,14-16,20,32H,8-13H2,1-3H3,(H,30,31)(H,33,35). The molecule has 2 aliphatic rings. The summed E-state index contributed by atoms with van der Waals surface area (Å²) < 4.78 is 19.8. The molecule has 3 heterocycles. The molecule has 3 N–H and O–H groups in total. The quantitative estimate of drug-likeness (QED) is 0.423. The molecule has 7 nitrogen and oxygen atoms in total. The molecule has 3 aromatic rings. The highest BCUT2D eigenvalue weighted by Gasteiger charge is 2.31. The monoisotopic (exact) mass is 489 g/mol. The zero-order chi connectivity index (χ0) is 25.2. The van der Waals surface area contributed by atoms with Gasteiger partial charge in [-0.3, -0.25) is 4.79 Å². The SMILES string of the molecule is COCCN1CCC(Nc2ccc3c(c2)C(=C(c2ccc(C)c(F)c2)c2nc(C)c[nH]2)C(=O)N3)CC1. The van der Waals surface area contributed by atoms with Crippen LogP contribution in [0.2, 0.25) is 0 Å². The van der Waals surface area contributed by atoms with Crippen LogP contribution < -0.4 is 10.6 Å². The number of aromatic amines is 1. The number of amides is 1. The molecule has 2 aliphatic heterocycles. The number of fused-ring (bicyclic) bond motifs is 1. The van der Waals surface area contributed by atoms with E-state index in [0.717, 1.165) is 61.7 Å². The van der Waals surface area contributed by atoms with Crippen molar-refractivity contribution in [2.45, 2.75) is 32.7 Å². The van der Waals surface area contributed by atoms with E-state index in [9.17, 15) is 9.18 Å². The Bertz CT molecular complexity index is 1310. The average Bonchev–Trinajstić information content (AvgIpc) is 3.44. The van der Waals surface area contributed by atoms with Gasteiger partial charge in [-0.05, 0) is 62.1 Å². The largest absolute Gasteiger partial charge is 0.383 e. The van der Waals surface area contributed by atoms with Crippen molar-refractivity contribution in [1.29, 1.82) is 0 Å². The number of likely N-dealkylation sites (tertiary alicyclic amines) is 1. The number of nitrogens with zero attached hydrogens (tertiary/aromatic N) is 2. The Hall–Kier alpha value is -3.49. The number of rotatable bonds is 7. The third-order valence-corrected chi connectivity index (χ3v) is 6.99. The molecule has 0 atom stereocenters.